The standard InChI is InChI=1S/C17H23N3O/c1-12-8-13(2)10-19(9-12)17(21)11-20-14(3)18-15-6-4-5-7-16(15)20/h4-7,12-13H,8-11H2,1-3H3/t12-,13+. The molecular weight excluding hydrogens is 262 g/mol. The zero-order valence-electron chi connectivity index (χ0n) is 13.0. The van der Waals surface area contributed by atoms with Gasteiger partial charge in [0.1, 0.15) is 12.4 Å². The molecule has 21 heavy (non-hydrogen) atoms. The van der Waals surface area contributed by atoms with Gasteiger partial charge in [-0.25, -0.2) is 4.98 Å². The molecule has 1 saturated heterocycles. The number of imidazole rings is 1. The third kappa shape index (κ3) is 2.80. The minimum atomic E-state index is 0.208. The van der Waals surface area contributed by atoms with E-state index in [0.717, 1.165) is 29.9 Å². The van der Waals surface area contributed by atoms with Gasteiger partial charge < -0.3 is 9.47 Å². The SMILES string of the molecule is Cc1nc2ccccc2n1CC(=O)N1C[C@H](C)C[C@H](C)C1. The van der Waals surface area contributed by atoms with Crippen LogP contribution in [-0.4, -0.2) is 33.4 Å². The Morgan fingerprint density at radius 1 is 1.24 bits per heavy atom. The summed E-state index contributed by atoms with van der Waals surface area (Å²) in [5, 5.41) is 0. The van der Waals surface area contributed by atoms with Gasteiger partial charge in [-0.3, -0.25) is 4.79 Å². The van der Waals surface area contributed by atoms with E-state index in [2.05, 4.69) is 18.8 Å². The smallest absolute Gasteiger partial charge is 0.242 e. The molecule has 0 bridgehead atoms. The van der Waals surface area contributed by atoms with Crippen LogP contribution in [0.4, 0.5) is 0 Å². The fraction of sp³-hybridized carbons (Fsp3) is 0.529. The predicted octanol–water partition coefficient (Wildman–Crippen LogP) is 2.85. The first-order valence-electron chi connectivity index (χ1n) is 7.74. The molecule has 0 saturated carbocycles. The lowest BCUT2D eigenvalue weighted by Crippen LogP contribution is -2.44. The van der Waals surface area contributed by atoms with Crippen LogP contribution in [0.25, 0.3) is 11.0 Å². The van der Waals surface area contributed by atoms with E-state index in [1.807, 2.05) is 40.7 Å². The monoisotopic (exact) mass is 285 g/mol. The number of likely N-dealkylation sites (tertiary alicyclic amines) is 1. The van der Waals surface area contributed by atoms with Crippen molar-refractivity contribution in [2.45, 2.75) is 33.7 Å². The molecule has 2 aromatic rings. The number of rotatable bonds is 2. The molecule has 0 spiro atoms. The third-order valence-corrected chi connectivity index (χ3v) is 4.36. The Morgan fingerprint density at radius 3 is 2.62 bits per heavy atom. The Bertz CT molecular complexity index is 651. The van der Waals surface area contributed by atoms with Crippen LogP contribution in [0, 0.1) is 18.8 Å². The maximum absolute atomic E-state index is 12.6. The highest BCUT2D eigenvalue weighted by atomic mass is 16.2. The summed E-state index contributed by atoms with van der Waals surface area (Å²) in [5.41, 5.74) is 2.00. The van der Waals surface area contributed by atoms with E-state index < -0.39 is 0 Å². The lowest BCUT2D eigenvalue weighted by atomic mass is 9.92. The number of piperidine rings is 1. The quantitative estimate of drug-likeness (QED) is 0.851. The average molecular weight is 285 g/mol. The van der Waals surface area contributed by atoms with Crippen LogP contribution in [0.3, 0.4) is 0 Å². The number of amides is 1. The first kappa shape index (κ1) is 14.1. The van der Waals surface area contributed by atoms with Gasteiger partial charge in [-0.2, -0.15) is 0 Å². The second kappa shape index (κ2) is 5.51. The van der Waals surface area contributed by atoms with Gasteiger partial charge in [0.25, 0.3) is 0 Å². The largest absolute Gasteiger partial charge is 0.341 e. The Labute approximate surface area is 125 Å². The van der Waals surface area contributed by atoms with Gasteiger partial charge in [-0.05, 0) is 37.3 Å². The number of hydrogen-bond donors (Lipinski definition) is 0. The Morgan fingerprint density at radius 2 is 1.90 bits per heavy atom. The summed E-state index contributed by atoms with van der Waals surface area (Å²) >= 11 is 0. The van der Waals surface area contributed by atoms with Crippen molar-refractivity contribution in [3.05, 3.63) is 30.1 Å². The van der Waals surface area contributed by atoms with Crippen LogP contribution in [0.1, 0.15) is 26.1 Å². The van der Waals surface area contributed by atoms with Crippen LogP contribution in [0.5, 0.6) is 0 Å². The third-order valence-electron chi connectivity index (χ3n) is 4.36. The maximum atomic E-state index is 12.6. The van der Waals surface area contributed by atoms with Crippen LogP contribution in [0.2, 0.25) is 0 Å². The second-order valence-electron chi connectivity index (χ2n) is 6.48. The lowest BCUT2D eigenvalue weighted by Gasteiger charge is -2.35. The zero-order chi connectivity index (χ0) is 15.0. The summed E-state index contributed by atoms with van der Waals surface area (Å²) in [4.78, 5) is 19.2. The number of benzene rings is 1. The molecule has 112 valence electrons. The molecule has 0 N–H and O–H groups in total. The van der Waals surface area contributed by atoms with E-state index >= 15 is 0 Å². The molecule has 1 amide bonds. The molecule has 4 heteroatoms. The summed E-state index contributed by atoms with van der Waals surface area (Å²) in [6.45, 7) is 8.59. The van der Waals surface area contributed by atoms with Crippen molar-refractivity contribution in [2.24, 2.45) is 11.8 Å². The molecule has 0 unspecified atom stereocenters. The van der Waals surface area contributed by atoms with Crippen molar-refractivity contribution < 1.29 is 4.79 Å². The van der Waals surface area contributed by atoms with E-state index in [0.29, 0.717) is 18.4 Å². The first-order chi connectivity index (χ1) is 10.0. The molecule has 0 radical (unpaired) electrons. The minimum Gasteiger partial charge on any atom is -0.341 e. The summed E-state index contributed by atoms with van der Waals surface area (Å²) in [6, 6.07) is 8.00. The molecule has 3 rings (SSSR count). The Balaban J connectivity index is 1.81. The van der Waals surface area contributed by atoms with Gasteiger partial charge in [-0.15, -0.1) is 0 Å². The number of aromatic nitrogens is 2. The van der Waals surface area contributed by atoms with E-state index in [9.17, 15) is 4.79 Å². The zero-order valence-corrected chi connectivity index (χ0v) is 13.0. The van der Waals surface area contributed by atoms with Crippen molar-refractivity contribution in [1.29, 1.82) is 0 Å². The van der Waals surface area contributed by atoms with E-state index in [1.165, 1.54) is 6.42 Å². The first-order valence-corrected chi connectivity index (χ1v) is 7.74. The Hall–Kier alpha value is -1.84. The molecule has 1 aliphatic heterocycles. The van der Waals surface area contributed by atoms with Gasteiger partial charge in [-0.1, -0.05) is 26.0 Å². The van der Waals surface area contributed by atoms with E-state index in [4.69, 9.17) is 0 Å². The number of para-hydroxylation sites is 2. The molecule has 1 fully saturated rings. The fourth-order valence-electron chi connectivity index (χ4n) is 3.50. The van der Waals surface area contributed by atoms with Gasteiger partial charge in [0.05, 0.1) is 11.0 Å². The topological polar surface area (TPSA) is 38.1 Å². The maximum Gasteiger partial charge on any atom is 0.242 e. The van der Waals surface area contributed by atoms with Crippen LogP contribution in [-0.2, 0) is 11.3 Å². The van der Waals surface area contributed by atoms with Gasteiger partial charge >= 0.3 is 0 Å². The van der Waals surface area contributed by atoms with Crippen LogP contribution >= 0.6 is 0 Å². The van der Waals surface area contributed by atoms with Crippen molar-refractivity contribution in [3.63, 3.8) is 0 Å². The molecule has 2 heterocycles. The van der Waals surface area contributed by atoms with Crippen molar-refractivity contribution in [3.8, 4) is 0 Å². The van der Waals surface area contributed by atoms with Crippen molar-refractivity contribution in [2.75, 3.05) is 13.1 Å². The highest BCUT2D eigenvalue weighted by molar-refractivity contribution is 5.81. The van der Waals surface area contributed by atoms with Gasteiger partial charge in [0.15, 0.2) is 0 Å². The molecule has 1 aromatic carbocycles. The average Bonchev–Trinajstić information content (AvgIpc) is 2.74. The molecular formula is C17H23N3O. The van der Waals surface area contributed by atoms with E-state index in [1.54, 1.807) is 0 Å². The van der Waals surface area contributed by atoms with Crippen LogP contribution in [0.15, 0.2) is 24.3 Å². The molecule has 4 nitrogen and oxygen atoms in total. The number of carbonyl (C=O) groups is 1. The molecule has 2 atom stereocenters. The van der Waals surface area contributed by atoms with Gasteiger partial charge in [0, 0.05) is 13.1 Å². The van der Waals surface area contributed by atoms with Crippen molar-refractivity contribution in [1.82, 2.24) is 14.5 Å². The van der Waals surface area contributed by atoms with Crippen molar-refractivity contribution >= 4 is 16.9 Å². The highest BCUT2D eigenvalue weighted by Gasteiger charge is 2.25. The number of nitrogens with zero attached hydrogens (tertiary/aromatic N) is 3. The normalized spacial score (nSPS) is 22.7. The molecule has 0 aliphatic carbocycles. The molecule has 1 aromatic heterocycles. The summed E-state index contributed by atoms with van der Waals surface area (Å²) < 4.78 is 2.03. The minimum absolute atomic E-state index is 0.208. The number of aryl methyl sites for hydroxylation is 1. The van der Waals surface area contributed by atoms with Gasteiger partial charge in [0.2, 0.25) is 5.91 Å². The lowest BCUT2D eigenvalue weighted by molar-refractivity contribution is -0.134. The summed E-state index contributed by atoms with van der Waals surface area (Å²) in [6.07, 6.45) is 1.22. The number of carbonyl (C=O) groups excluding carboxylic acids is 1. The second-order valence-corrected chi connectivity index (χ2v) is 6.48. The van der Waals surface area contributed by atoms with E-state index in [-0.39, 0.29) is 5.91 Å². The predicted molar refractivity (Wildman–Crippen MR) is 84.0 cm³/mol. The highest BCUT2D eigenvalue weighted by Crippen LogP contribution is 2.22. The number of hydrogen-bond acceptors (Lipinski definition) is 2. The van der Waals surface area contributed by atoms with Crippen LogP contribution < -0.4 is 0 Å². The summed E-state index contributed by atoms with van der Waals surface area (Å²) in [5.74, 6) is 2.30. The Kier molecular flexibility index (Phi) is 3.70. The summed E-state index contributed by atoms with van der Waals surface area (Å²) in [7, 11) is 0. The molecule has 1 aliphatic rings. The number of fused-ring (bicyclic) bond motifs is 1. The fourth-order valence-corrected chi connectivity index (χ4v) is 3.50.